The van der Waals surface area contributed by atoms with Crippen molar-refractivity contribution in [3.8, 4) is 5.75 Å². The Labute approximate surface area is 106 Å². The van der Waals surface area contributed by atoms with Crippen LogP contribution in [0, 0.1) is 5.41 Å². The van der Waals surface area contributed by atoms with Crippen molar-refractivity contribution in [1.82, 2.24) is 9.88 Å². The summed E-state index contributed by atoms with van der Waals surface area (Å²) >= 11 is 0. The van der Waals surface area contributed by atoms with Crippen LogP contribution in [-0.2, 0) is 11.3 Å². The van der Waals surface area contributed by atoms with Crippen molar-refractivity contribution in [1.29, 1.82) is 0 Å². The fraction of sp³-hybridized carbons (Fsp3) is 0.538. The van der Waals surface area contributed by atoms with Crippen LogP contribution in [0.5, 0.6) is 5.75 Å². The van der Waals surface area contributed by atoms with Gasteiger partial charge >= 0.3 is 0 Å². The molecule has 0 aromatic carbocycles. The van der Waals surface area contributed by atoms with Gasteiger partial charge in [-0.15, -0.1) is 0 Å². The SMILES string of the molecule is COc1cc(C=O)ncc1CN1CC2(COC2)C1. The maximum atomic E-state index is 10.7. The third kappa shape index (κ3) is 1.89. The van der Waals surface area contributed by atoms with Crippen molar-refractivity contribution in [3.63, 3.8) is 0 Å². The molecule has 3 rings (SSSR count). The Balaban J connectivity index is 1.67. The van der Waals surface area contributed by atoms with E-state index in [9.17, 15) is 4.79 Å². The molecule has 0 radical (unpaired) electrons. The van der Waals surface area contributed by atoms with E-state index in [0.29, 0.717) is 11.1 Å². The van der Waals surface area contributed by atoms with Crippen molar-refractivity contribution in [3.05, 3.63) is 23.5 Å². The fourth-order valence-corrected chi connectivity index (χ4v) is 2.68. The largest absolute Gasteiger partial charge is 0.496 e. The van der Waals surface area contributed by atoms with Gasteiger partial charge < -0.3 is 9.47 Å². The van der Waals surface area contributed by atoms with E-state index < -0.39 is 0 Å². The van der Waals surface area contributed by atoms with E-state index >= 15 is 0 Å². The van der Waals surface area contributed by atoms with E-state index in [2.05, 4.69) is 9.88 Å². The smallest absolute Gasteiger partial charge is 0.168 e. The number of hydrogen-bond acceptors (Lipinski definition) is 5. The van der Waals surface area contributed by atoms with Crippen LogP contribution in [0.25, 0.3) is 0 Å². The summed E-state index contributed by atoms with van der Waals surface area (Å²) in [7, 11) is 1.62. The normalized spacial score (nSPS) is 21.2. The molecule has 1 aromatic heterocycles. The third-order valence-corrected chi connectivity index (χ3v) is 3.63. The van der Waals surface area contributed by atoms with Gasteiger partial charge in [0.05, 0.1) is 20.3 Å². The molecule has 5 heteroatoms. The number of aldehydes is 1. The summed E-state index contributed by atoms with van der Waals surface area (Å²) in [6.45, 7) is 4.75. The van der Waals surface area contributed by atoms with Gasteiger partial charge in [0.25, 0.3) is 0 Å². The minimum atomic E-state index is 0.406. The molecule has 0 bridgehead atoms. The van der Waals surface area contributed by atoms with E-state index in [1.54, 1.807) is 19.4 Å². The lowest BCUT2D eigenvalue weighted by Gasteiger charge is -2.55. The molecule has 0 saturated carbocycles. The van der Waals surface area contributed by atoms with Gasteiger partial charge in [-0.1, -0.05) is 0 Å². The highest BCUT2D eigenvalue weighted by atomic mass is 16.5. The zero-order valence-corrected chi connectivity index (χ0v) is 10.4. The van der Waals surface area contributed by atoms with E-state index in [1.165, 1.54) is 0 Å². The van der Waals surface area contributed by atoms with Gasteiger partial charge in [-0.25, -0.2) is 0 Å². The Bertz CT molecular complexity index is 463. The lowest BCUT2D eigenvalue weighted by Crippen LogP contribution is -2.65. The zero-order valence-electron chi connectivity index (χ0n) is 10.4. The van der Waals surface area contributed by atoms with Crippen LogP contribution in [0.2, 0.25) is 0 Å². The first-order chi connectivity index (χ1) is 8.74. The van der Waals surface area contributed by atoms with Gasteiger partial charge in [0.15, 0.2) is 6.29 Å². The Morgan fingerprint density at radius 3 is 2.89 bits per heavy atom. The van der Waals surface area contributed by atoms with Crippen molar-refractivity contribution in [2.45, 2.75) is 6.54 Å². The predicted octanol–water partition coefficient (Wildman–Crippen LogP) is 0.735. The second-order valence-corrected chi connectivity index (χ2v) is 5.18. The zero-order chi connectivity index (χ0) is 12.6. The van der Waals surface area contributed by atoms with Gasteiger partial charge in [-0.2, -0.15) is 0 Å². The Hall–Kier alpha value is -1.46. The van der Waals surface area contributed by atoms with Crippen LogP contribution in [0.15, 0.2) is 12.3 Å². The number of aromatic nitrogens is 1. The number of rotatable bonds is 4. The first-order valence-corrected chi connectivity index (χ1v) is 6.03. The average Bonchev–Trinajstić information content (AvgIpc) is 2.30. The molecule has 0 N–H and O–H groups in total. The quantitative estimate of drug-likeness (QED) is 0.735. The summed E-state index contributed by atoms with van der Waals surface area (Å²) < 4.78 is 10.6. The Morgan fingerprint density at radius 2 is 2.33 bits per heavy atom. The molecule has 2 aliphatic rings. The van der Waals surface area contributed by atoms with Gasteiger partial charge in [0.1, 0.15) is 11.4 Å². The van der Waals surface area contributed by atoms with Gasteiger partial charge in [0, 0.05) is 42.9 Å². The molecule has 1 aromatic rings. The summed E-state index contributed by atoms with van der Waals surface area (Å²) in [5.74, 6) is 0.734. The molecule has 18 heavy (non-hydrogen) atoms. The number of carbonyl (C=O) groups excluding carboxylic acids is 1. The molecule has 5 nitrogen and oxygen atoms in total. The van der Waals surface area contributed by atoms with Crippen LogP contribution in [-0.4, -0.2) is 49.6 Å². The highest BCUT2D eigenvalue weighted by Gasteiger charge is 2.48. The Morgan fingerprint density at radius 1 is 1.56 bits per heavy atom. The molecule has 2 fully saturated rings. The van der Waals surface area contributed by atoms with Crippen LogP contribution in [0.3, 0.4) is 0 Å². The van der Waals surface area contributed by atoms with Crippen molar-refractivity contribution < 1.29 is 14.3 Å². The highest BCUT2D eigenvalue weighted by molar-refractivity contribution is 5.72. The summed E-state index contributed by atoms with van der Waals surface area (Å²) in [4.78, 5) is 17.1. The molecule has 1 spiro atoms. The minimum absolute atomic E-state index is 0.406. The number of nitrogens with zero attached hydrogens (tertiary/aromatic N) is 2. The van der Waals surface area contributed by atoms with E-state index in [4.69, 9.17) is 9.47 Å². The number of carbonyl (C=O) groups is 1. The molecule has 0 unspecified atom stereocenters. The van der Waals surface area contributed by atoms with Crippen LogP contribution in [0.1, 0.15) is 16.1 Å². The van der Waals surface area contributed by atoms with Crippen LogP contribution in [0.4, 0.5) is 0 Å². The number of pyridine rings is 1. The topological polar surface area (TPSA) is 51.7 Å². The lowest BCUT2D eigenvalue weighted by atomic mass is 9.78. The van der Waals surface area contributed by atoms with E-state index in [0.717, 1.165) is 50.4 Å². The van der Waals surface area contributed by atoms with Gasteiger partial charge in [-0.05, 0) is 0 Å². The predicted molar refractivity (Wildman–Crippen MR) is 64.7 cm³/mol. The molecule has 2 aliphatic heterocycles. The molecule has 0 amide bonds. The van der Waals surface area contributed by atoms with Gasteiger partial charge in [-0.3, -0.25) is 14.7 Å². The van der Waals surface area contributed by atoms with Crippen molar-refractivity contribution in [2.24, 2.45) is 5.41 Å². The Kier molecular flexibility index (Phi) is 2.80. The number of likely N-dealkylation sites (tertiary alicyclic amines) is 1. The number of ether oxygens (including phenoxy) is 2. The molecular formula is C13H16N2O3. The summed E-state index contributed by atoms with van der Waals surface area (Å²) in [5, 5.41) is 0. The van der Waals surface area contributed by atoms with Crippen LogP contribution < -0.4 is 4.74 Å². The summed E-state index contributed by atoms with van der Waals surface area (Å²) in [6.07, 6.45) is 2.46. The second kappa shape index (κ2) is 4.33. The molecule has 96 valence electrons. The average molecular weight is 248 g/mol. The molecule has 0 aliphatic carbocycles. The van der Waals surface area contributed by atoms with E-state index in [1.807, 2.05) is 0 Å². The molecule has 0 atom stereocenters. The maximum absolute atomic E-state index is 10.7. The van der Waals surface area contributed by atoms with E-state index in [-0.39, 0.29) is 0 Å². The lowest BCUT2D eigenvalue weighted by molar-refractivity contribution is -0.191. The molecule has 3 heterocycles. The number of hydrogen-bond donors (Lipinski definition) is 0. The third-order valence-electron chi connectivity index (χ3n) is 3.63. The first-order valence-electron chi connectivity index (χ1n) is 6.03. The summed E-state index contributed by atoms with van der Waals surface area (Å²) in [5.41, 5.74) is 1.85. The maximum Gasteiger partial charge on any atom is 0.168 e. The van der Waals surface area contributed by atoms with Crippen molar-refractivity contribution in [2.75, 3.05) is 33.4 Å². The monoisotopic (exact) mass is 248 g/mol. The number of methoxy groups -OCH3 is 1. The molecule has 2 saturated heterocycles. The first kappa shape index (κ1) is 11.6. The highest BCUT2D eigenvalue weighted by Crippen LogP contribution is 2.38. The second-order valence-electron chi connectivity index (χ2n) is 5.18. The van der Waals surface area contributed by atoms with Gasteiger partial charge in [0.2, 0.25) is 0 Å². The van der Waals surface area contributed by atoms with Crippen LogP contribution >= 0.6 is 0 Å². The minimum Gasteiger partial charge on any atom is -0.496 e. The van der Waals surface area contributed by atoms with Crippen molar-refractivity contribution >= 4 is 6.29 Å². The fourth-order valence-electron chi connectivity index (χ4n) is 2.68. The molecular weight excluding hydrogens is 232 g/mol. The summed E-state index contributed by atoms with van der Waals surface area (Å²) in [6, 6.07) is 1.68. The standard InChI is InChI=1S/C13H16N2O3/c1-17-12-2-11(5-16)14-3-10(12)4-15-6-13(7-15)8-18-9-13/h2-3,5H,4,6-9H2,1H3.